The molecular formula is C12H15N5O4. The Morgan fingerprint density at radius 1 is 1.24 bits per heavy atom. The summed E-state index contributed by atoms with van der Waals surface area (Å²) in [5, 5.41) is 4.17. The molecule has 0 atom stereocenters. The largest absolute Gasteiger partial charge is 0.480 e. The molecule has 0 aromatic carbocycles. The van der Waals surface area contributed by atoms with E-state index in [9.17, 15) is 4.79 Å². The van der Waals surface area contributed by atoms with Crippen molar-refractivity contribution in [2.45, 2.75) is 6.92 Å². The molecule has 0 fully saturated rings. The summed E-state index contributed by atoms with van der Waals surface area (Å²) >= 11 is 0. The second-order valence-electron chi connectivity index (χ2n) is 3.87. The van der Waals surface area contributed by atoms with Gasteiger partial charge >= 0.3 is 5.97 Å². The van der Waals surface area contributed by atoms with E-state index in [1.807, 2.05) is 0 Å². The molecule has 21 heavy (non-hydrogen) atoms. The Hall–Kier alpha value is -2.71. The molecule has 0 saturated carbocycles. The number of aryl methyl sites for hydroxylation is 1. The number of carbonyl (C=O) groups is 1. The van der Waals surface area contributed by atoms with Gasteiger partial charge in [-0.05, 0) is 6.92 Å². The topological polar surface area (TPSA) is 101 Å². The van der Waals surface area contributed by atoms with E-state index in [4.69, 9.17) is 14.2 Å². The molecule has 0 aliphatic carbocycles. The third kappa shape index (κ3) is 2.76. The molecule has 0 aliphatic heterocycles. The van der Waals surface area contributed by atoms with Crippen molar-refractivity contribution in [3.8, 4) is 23.1 Å². The molecule has 0 aliphatic rings. The Balaban J connectivity index is 2.53. The Bertz CT molecular complexity index is 633. The Kier molecular flexibility index (Phi) is 4.31. The van der Waals surface area contributed by atoms with Gasteiger partial charge in [0.15, 0.2) is 5.82 Å². The van der Waals surface area contributed by atoms with Crippen LogP contribution >= 0.6 is 0 Å². The molecule has 2 aromatic heterocycles. The lowest BCUT2D eigenvalue weighted by Crippen LogP contribution is -2.11. The number of hydrogen-bond donors (Lipinski definition) is 0. The first-order chi connectivity index (χ1) is 10.1. The fourth-order valence-corrected chi connectivity index (χ4v) is 1.72. The van der Waals surface area contributed by atoms with Crippen LogP contribution in [0.15, 0.2) is 6.33 Å². The first-order valence-electron chi connectivity index (χ1n) is 6.13. The molecule has 0 saturated heterocycles. The minimum atomic E-state index is -0.562. The smallest absolute Gasteiger partial charge is 0.376 e. The van der Waals surface area contributed by atoms with Crippen LogP contribution < -0.4 is 9.47 Å². The highest BCUT2D eigenvalue weighted by Crippen LogP contribution is 2.32. The molecule has 9 nitrogen and oxygen atoms in total. The third-order valence-corrected chi connectivity index (χ3v) is 2.61. The van der Waals surface area contributed by atoms with E-state index in [1.54, 1.807) is 14.0 Å². The van der Waals surface area contributed by atoms with E-state index in [0.717, 1.165) is 0 Å². The van der Waals surface area contributed by atoms with Crippen molar-refractivity contribution in [3.05, 3.63) is 12.2 Å². The molecule has 2 heterocycles. The van der Waals surface area contributed by atoms with Crippen LogP contribution in [-0.2, 0) is 11.8 Å². The zero-order valence-corrected chi connectivity index (χ0v) is 12.2. The molecule has 2 rings (SSSR count). The van der Waals surface area contributed by atoms with E-state index in [1.165, 1.54) is 25.2 Å². The van der Waals surface area contributed by atoms with Crippen molar-refractivity contribution in [1.82, 2.24) is 24.7 Å². The number of esters is 1. The molecule has 0 N–H and O–H groups in total. The number of hydrogen-bond acceptors (Lipinski definition) is 8. The third-order valence-electron chi connectivity index (χ3n) is 2.61. The van der Waals surface area contributed by atoms with Crippen LogP contribution in [0.2, 0.25) is 0 Å². The van der Waals surface area contributed by atoms with E-state index in [0.29, 0.717) is 5.56 Å². The first kappa shape index (κ1) is 14.7. The predicted octanol–water partition coefficient (Wildman–Crippen LogP) is 0.466. The van der Waals surface area contributed by atoms with Crippen molar-refractivity contribution in [1.29, 1.82) is 0 Å². The SMILES string of the molecule is CCOC(=O)c1nc(-c2c(OC)ncnc2OC)nn1C. The Labute approximate surface area is 120 Å². The van der Waals surface area contributed by atoms with Gasteiger partial charge in [-0.15, -0.1) is 0 Å². The highest BCUT2D eigenvalue weighted by atomic mass is 16.5. The number of nitrogens with zero attached hydrogens (tertiary/aromatic N) is 5. The van der Waals surface area contributed by atoms with Gasteiger partial charge < -0.3 is 14.2 Å². The maximum atomic E-state index is 11.8. The van der Waals surface area contributed by atoms with Gasteiger partial charge in [0.1, 0.15) is 11.9 Å². The molecule has 0 bridgehead atoms. The summed E-state index contributed by atoms with van der Waals surface area (Å²) in [6.07, 6.45) is 1.30. The minimum Gasteiger partial charge on any atom is -0.480 e. The Morgan fingerprint density at radius 2 is 1.86 bits per heavy atom. The Morgan fingerprint density at radius 3 is 2.38 bits per heavy atom. The van der Waals surface area contributed by atoms with Gasteiger partial charge in [-0.3, -0.25) is 0 Å². The standard InChI is InChI=1S/C12H15N5O4/c1-5-21-12(18)9-15-8(16-17(9)2)7-10(19-3)13-6-14-11(7)20-4/h6H,5H2,1-4H3. The van der Waals surface area contributed by atoms with Gasteiger partial charge in [0.25, 0.3) is 0 Å². The van der Waals surface area contributed by atoms with Crippen LogP contribution in [0.1, 0.15) is 17.5 Å². The fraction of sp³-hybridized carbons (Fsp3) is 0.417. The molecule has 2 aromatic rings. The second kappa shape index (κ2) is 6.16. The number of rotatable bonds is 5. The summed E-state index contributed by atoms with van der Waals surface area (Å²) < 4.78 is 16.6. The average molecular weight is 293 g/mol. The molecule has 0 radical (unpaired) electrons. The lowest BCUT2D eigenvalue weighted by atomic mass is 10.3. The van der Waals surface area contributed by atoms with Crippen molar-refractivity contribution in [2.75, 3.05) is 20.8 Å². The van der Waals surface area contributed by atoms with Gasteiger partial charge in [0.05, 0.1) is 20.8 Å². The average Bonchev–Trinajstić information content (AvgIpc) is 2.88. The van der Waals surface area contributed by atoms with Gasteiger partial charge in [0.2, 0.25) is 17.6 Å². The lowest BCUT2D eigenvalue weighted by molar-refractivity contribution is 0.0506. The fourth-order valence-electron chi connectivity index (χ4n) is 1.72. The molecule has 0 spiro atoms. The quantitative estimate of drug-likeness (QED) is 0.733. The maximum Gasteiger partial charge on any atom is 0.376 e. The number of carbonyl (C=O) groups excluding carboxylic acids is 1. The normalized spacial score (nSPS) is 10.3. The van der Waals surface area contributed by atoms with Crippen LogP contribution in [0.3, 0.4) is 0 Å². The number of aromatic nitrogens is 5. The van der Waals surface area contributed by atoms with E-state index in [-0.39, 0.29) is 30.0 Å². The summed E-state index contributed by atoms with van der Waals surface area (Å²) in [6.45, 7) is 1.97. The van der Waals surface area contributed by atoms with E-state index >= 15 is 0 Å². The number of ether oxygens (including phenoxy) is 3. The van der Waals surface area contributed by atoms with Gasteiger partial charge in [0, 0.05) is 7.05 Å². The summed E-state index contributed by atoms with van der Waals surface area (Å²) in [7, 11) is 4.51. The van der Waals surface area contributed by atoms with E-state index in [2.05, 4.69) is 20.1 Å². The highest BCUT2D eigenvalue weighted by Gasteiger charge is 2.23. The minimum absolute atomic E-state index is 0.0693. The molecule has 112 valence electrons. The molecule has 0 amide bonds. The van der Waals surface area contributed by atoms with Crippen molar-refractivity contribution >= 4 is 5.97 Å². The van der Waals surface area contributed by atoms with Crippen LogP contribution in [0.4, 0.5) is 0 Å². The van der Waals surface area contributed by atoms with Crippen molar-refractivity contribution < 1.29 is 19.0 Å². The van der Waals surface area contributed by atoms with Gasteiger partial charge in [-0.2, -0.15) is 5.10 Å². The van der Waals surface area contributed by atoms with Crippen LogP contribution in [0.5, 0.6) is 11.8 Å². The summed E-state index contributed by atoms with van der Waals surface area (Å²) in [4.78, 5) is 23.9. The second-order valence-corrected chi connectivity index (χ2v) is 3.87. The predicted molar refractivity (Wildman–Crippen MR) is 71.1 cm³/mol. The summed E-state index contributed by atoms with van der Waals surface area (Å²) in [5.74, 6) is 0.230. The zero-order valence-electron chi connectivity index (χ0n) is 12.2. The summed E-state index contributed by atoms with van der Waals surface area (Å²) in [6, 6.07) is 0. The van der Waals surface area contributed by atoms with E-state index < -0.39 is 5.97 Å². The first-order valence-corrected chi connectivity index (χ1v) is 6.13. The van der Waals surface area contributed by atoms with Crippen LogP contribution in [0, 0.1) is 0 Å². The molecular weight excluding hydrogens is 278 g/mol. The molecule has 9 heteroatoms. The molecule has 0 unspecified atom stereocenters. The monoisotopic (exact) mass is 293 g/mol. The van der Waals surface area contributed by atoms with Gasteiger partial charge in [-0.25, -0.2) is 24.4 Å². The van der Waals surface area contributed by atoms with Crippen LogP contribution in [-0.4, -0.2) is 51.5 Å². The summed E-state index contributed by atoms with van der Waals surface area (Å²) in [5.41, 5.74) is 0.369. The maximum absolute atomic E-state index is 11.8. The lowest BCUT2D eigenvalue weighted by Gasteiger charge is -2.07. The van der Waals surface area contributed by atoms with Crippen molar-refractivity contribution in [2.24, 2.45) is 7.05 Å². The zero-order chi connectivity index (χ0) is 15.4. The number of methoxy groups -OCH3 is 2. The van der Waals surface area contributed by atoms with Crippen LogP contribution in [0.25, 0.3) is 11.4 Å². The van der Waals surface area contributed by atoms with Crippen molar-refractivity contribution in [3.63, 3.8) is 0 Å². The van der Waals surface area contributed by atoms with Gasteiger partial charge in [-0.1, -0.05) is 0 Å². The highest BCUT2D eigenvalue weighted by molar-refractivity contribution is 5.86.